The van der Waals surface area contributed by atoms with Crippen LogP contribution in [-0.2, 0) is 6.42 Å². The molecule has 2 N–H and O–H groups in total. The largest absolute Gasteiger partial charge is 0.469 e. The van der Waals surface area contributed by atoms with Crippen molar-refractivity contribution in [1.82, 2.24) is 15.5 Å². The molecular weight excluding hydrogens is 427 g/mol. The molecule has 0 aliphatic carbocycles. The normalized spacial score (nSPS) is 21.2. The van der Waals surface area contributed by atoms with Crippen molar-refractivity contribution in [3.05, 3.63) is 36.3 Å². The molecule has 0 aromatic carbocycles. The molecule has 6 heteroatoms. The zero-order valence-corrected chi connectivity index (χ0v) is 18.2. The van der Waals surface area contributed by atoms with Gasteiger partial charge in [0.15, 0.2) is 5.96 Å². The van der Waals surface area contributed by atoms with E-state index in [0.717, 1.165) is 43.3 Å². The van der Waals surface area contributed by atoms with Crippen molar-refractivity contribution < 1.29 is 4.42 Å². The lowest BCUT2D eigenvalue weighted by Gasteiger charge is -2.22. The molecule has 1 aliphatic heterocycles. The van der Waals surface area contributed by atoms with Gasteiger partial charge in [0.05, 0.1) is 12.8 Å². The molecule has 2 atom stereocenters. The SMILES string of the molecule is C=C(C)CN=C(NCCc1ccco1)NC1CN(C(C)C)CC1C.I. The molecule has 1 aromatic heterocycles. The summed E-state index contributed by atoms with van der Waals surface area (Å²) >= 11 is 0. The summed E-state index contributed by atoms with van der Waals surface area (Å²) in [4.78, 5) is 7.17. The Morgan fingerprint density at radius 3 is 2.76 bits per heavy atom. The topological polar surface area (TPSA) is 52.8 Å². The Bertz CT molecular complexity index is 542. The van der Waals surface area contributed by atoms with E-state index in [1.807, 2.05) is 19.1 Å². The van der Waals surface area contributed by atoms with E-state index < -0.39 is 0 Å². The molecule has 1 aliphatic rings. The fourth-order valence-corrected chi connectivity index (χ4v) is 2.91. The van der Waals surface area contributed by atoms with Crippen molar-refractivity contribution in [3.63, 3.8) is 0 Å². The van der Waals surface area contributed by atoms with Gasteiger partial charge in [-0.3, -0.25) is 4.90 Å². The number of rotatable bonds is 7. The maximum atomic E-state index is 5.38. The minimum atomic E-state index is 0. The molecule has 0 saturated carbocycles. The summed E-state index contributed by atoms with van der Waals surface area (Å²) in [6.07, 6.45) is 2.56. The third-order valence-corrected chi connectivity index (χ3v) is 4.44. The molecule has 1 aromatic rings. The minimum absolute atomic E-state index is 0. The second-order valence-corrected chi connectivity index (χ2v) is 7.15. The number of guanidine groups is 1. The van der Waals surface area contributed by atoms with Gasteiger partial charge in [-0.25, -0.2) is 4.99 Å². The Morgan fingerprint density at radius 1 is 1.44 bits per heavy atom. The van der Waals surface area contributed by atoms with Gasteiger partial charge in [0.2, 0.25) is 0 Å². The lowest BCUT2D eigenvalue weighted by atomic mass is 10.1. The number of nitrogens with zero attached hydrogens (tertiary/aromatic N) is 2. The molecule has 2 heterocycles. The van der Waals surface area contributed by atoms with Crippen molar-refractivity contribution in [2.24, 2.45) is 10.9 Å². The number of likely N-dealkylation sites (tertiary alicyclic amines) is 1. The second kappa shape index (κ2) is 10.9. The molecule has 0 amide bonds. The molecule has 25 heavy (non-hydrogen) atoms. The van der Waals surface area contributed by atoms with Crippen LogP contribution in [0, 0.1) is 5.92 Å². The zero-order chi connectivity index (χ0) is 17.5. The summed E-state index contributed by atoms with van der Waals surface area (Å²) in [6, 6.07) is 4.93. The van der Waals surface area contributed by atoms with Gasteiger partial charge in [-0.05, 0) is 38.8 Å². The Kier molecular flexibility index (Phi) is 9.56. The van der Waals surface area contributed by atoms with Gasteiger partial charge in [0.25, 0.3) is 0 Å². The Hall–Kier alpha value is -1.02. The van der Waals surface area contributed by atoms with Crippen molar-refractivity contribution in [1.29, 1.82) is 0 Å². The zero-order valence-electron chi connectivity index (χ0n) is 15.9. The van der Waals surface area contributed by atoms with E-state index in [4.69, 9.17) is 4.42 Å². The van der Waals surface area contributed by atoms with Crippen LogP contribution in [0.5, 0.6) is 0 Å². The van der Waals surface area contributed by atoms with Crippen LogP contribution in [0.2, 0.25) is 0 Å². The number of furan rings is 1. The first-order chi connectivity index (χ1) is 11.5. The summed E-state index contributed by atoms with van der Waals surface area (Å²) in [6.45, 7) is 16.4. The maximum Gasteiger partial charge on any atom is 0.191 e. The fourth-order valence-electron chi connectivity index (χ4n) is 2.91. The number of hydrogen-bond donors (Lipinski definition) is 2. The van der Waals surface area contributed by atoms with Gasteiger partial charge in [-0.2, -0.15) is 0 Å². The highest BCUT2D eigenvalue weighted by atomic mass is 127. The van der Waals surface area contributed by atoms with Gasteiger partial charge >= 0.3 is 0 Å². The molecular formula is C19H33IN4O. The highest BCUT2D eigenvalue weighted by Crippen LogP contribution is 2.18. The summed E-state index contributed by atoms with van der Waals surface area (Å²) in [5.74, 6) is 2.46. The molecule has 1 fully saturated rings. The highest BCUT2D eigenvalue weighted by molar-refractivity contribution is 14.0. The Labute approximate surface area is 169 Å². The predicted molar refractivity (Wildman–Crippen MR) is 116 cm³/mol. The van der Waals surface area contributed by atoms with Crippen LogP contribution in [-0.4, -0.2) is 49.1 Å². The number of halogens is 1. The van der Waals surface area contributed by atoms with Crippen LogP contribution in [0.1, 0.15) is 33.5 Å². The first-order valence-corrected chi connectivity index (χ1v) is 8.91. The van der Waals surface area contributed by atoms with E-state index in [1.165, 1.54) is 0 Å². The van der Waals surface area contributed by atoms with Gasteiger partial charge in [0, 0.05) is 38.1 Å². The van der Waals surface area contributed by atoms with E-state index in [2.05, 4.69) is 47.9 Å². The monoisotopic (exact) mass is 460 g/mol. The number of hydrogen-bond acceptors (Lipinski definition) is 3. The minimum Gasteiger partial charge on any atom is -0.469 e. The lowest BCUT2D eigenvalue weighted by molar-refractivity contribution is 0.265. The summed E-state index contributed by atoms with van der Waals surface area (Å²) < 4.78 is 5.38. The molecule has 0 spiro atoms. The first kappa shape index (κ1) is 22.0. The molecule has 2 rings (SSSR count). The quantitative estimate of drug-likeness (QED) is 0.284. The summed E-state index contributed by atoms with van der Waals surface area (Å²) in [5.41, 5.74) is 1.06. The lowest BCUT2D eigenvalue weighted by Crippen LogP contribution is -2.47. The third kappa shape index (κ3) is 7.40. The van der Waals surface area contributed by atoms with Gasteiger partial charge < -0.3 is 15.1 Å². The first-order valence-electron chi connectivity index (χ1n) is 8.91. The van der Waals surface area contributed by atoms with E-state index in [0.29, 0.717) is 24.5 Å². The standard InChI is InChI=1S/C19H32N4O.HI/c1-14(2)11-21-19(20-9-8-17-7-6-10-24-17)22-18-13-23(15(3)4)12-16(18)5;/h6-7,10,15-16,18H,1,8-9,11-13H2,2-5H3,(H2,20,21,22);1H. The number of nitrogens with one attached hydrogen (secondary N) is 2. The summed E-state index contributed by atoms with van der Waals surface area (Å²) in [7, 11) is 0. The van der Waals surface area contributed by atoms with Crippen LogP contribution in [0.3, 0.4) is 0 Å². The van der Waals surface area contributed by atoms with Crippen LogP contribution >= 0.6 is 24.0 Å². The maximum absolute atomic E-state index is 5.38. The molecule has 0 radical (unpaired) electrons. The Balaban J connectivity index is 0.00000312. The van der Waals surface area contributed by atoms with Gasteiger partial charge in [-0.1, -0.05) is 19.1 Å². The third-order valence-electron chi connectivity index (χ3n) is 4.44. The van der Waals surface area contributed by atoms with Gasteiger partial charge in [0.1, 0.15) is 5.76 Å². The highest BCUT2D eigenvalue weighted by Gasteiger charge is 2.31. The van der Waals surface area contributed by atoms with E-state index in [9.17, 15) is 0 Å². The van der Waals surface area contributed by atoms with Crippen LogP contribution < -0.4 is 10.6 Å². The molecule has 2 unspecified atom stereocenters. The average Bonchev–Trinajstić information content (AvgIpc) is 3.15. The summed E-state index contributed by atoms with van der Waals surface area (Å²) in [5, 5.41) is 7.04. The van der Waals surface area contributed by atoms with Crippen LogP contribution in [0.15, 0.2) is 40.0 Å². The smallest absolute Gasteiger partial charge is 0.191 e. The molecule has 142 valence electrons. The molecule has 5 nitrogen and oxygen atoms in total. The van der Waals surface area contributed by atoms with Crippen LogP contribution in [0.4, 0.5) is 0 Å². The number of aliphatic imine (C=N–C) groups is 1. The Morgan fingerprint density at radius 2 is 2.20 bits per heavy atom. The van der Waals surface area contributed by atoms with Crippen molar-refractivity contribution in [2.45, 2.75) is 46.2 Å². The predicted octanol–water partition coefficient (Wildman–Crippen LogP) is 3.28. The molecule has 0 bridgehead atoms. The van der Waals surface area contributed by atoms with Gasteiger partial charge in [-0.15, -0.1) is 24.0 Å². The van der Waals surface area contributed by atoms with Crippen LogP contribution in [0.25, 0.3) is 0 Å². The van der Waals surface area contributed by atoms with Crippen molar-refractivity contribution in [3.8, 4) is 0 Å². The van der Waals surface area contributed by atoms with E-state index in [-0.39, 0.29) is 24.0 Å². The van der Waals surface area contributed by atoms with E-state index >= 15 is 0 Å². The fraction of sp³-hybridized carbons (Fsp3) is 0.632. The second-order valence-electron chi connectivity index (χ2n) is 7.15. The molecule has 1 saturated heterocycles. The van der Waals surface area contributed by atoms with Crippen molar-refractivity contribution >= 4 is 29.9 Å². The van der Waals surface area contributed by atoms with Crippen molar-refractivity contribution in [2.75, 3.05) is 26.2 Å². The average molecular weight is 460 g/mol. The van der Waals surface area contributed by atoms with E-state index in [1.54, 1.807) is 6.26 Å².